The molecule has 2 rings (SSSR count). The summed E-state index contributed by atoms with van der Waals surface area (Å²) in [4.78, 5) is 0. The van der Waals surface area contributed by atoms with Gasteiger partial charge in [0, 0.05) is 5.54 Å². The fourth-order valence-corrected chi connectivity index (χ4v) is 1.67. The molecule has 2 N–H and O–H groups in total. The lowest BCUT2D eigenvalue weighted by Crippen LogP contribution is -2.38. The molecule has 0 fully saturated rings. The Balaban J connectivity index is 2.08. The summed E-state index contributed by atoms with van der Waals surface area (Å²) >= 11 is 0. The maximum atomic E-state index is 12.6. The van der Waals surface area contributed by atoms with Crippen molar-refractivity contribution in [3.8, 4) is 11.5 Å². The Morgan fingerprint density at radius 3 is 3.00 bits per heavy atom. The Labute approximate surface area is 94.3 Å². The van der Waals surface area contributed by atoms with E-state index in [2.05, 4.69) is 0 Å². The number of halogens is 1. The molecule has 1 aromatic rings. The third-order valence-corrected chi connectivity index (χ3v) is 2.75. The molecule has 1 atom stereocenters. The van der Waals surface area contributed by atoms with Crippen LogP contribution in [0.1, 0.15) is 18.9 Å². The van der Waals surface area contributed by atoms with Crippen LogP contribution in [0.5, 0.6) is 11.5 Å². The van der Waals surface area contributed by atoms with Crippen molar-refractivity contribution in [2.24, 2.45) is 5.73 Å². The second-order valence-electron chi connectivity index (χ2n) is 4.44. The van der Waals surface area contributed by atoms with E-state index in [0.29, 0.717) is 12.8 Å². The minimum Gasteiger partial charge on any atom is -0.454 e. The van der Waals surface area contributed by atoms with E-state index in [1.807, 2.05) is 18.2 Å². The third-order valence-electron chi connectivity index (χ3n) is 2.75. The molecule has 1 aliphatic rings. The van der Waals surface area contributed by atoms with Gasteiger partial charge in [-0.3, -0.25) is 0 Å². The Kier molecular flexibility index (Phi) is 3.01. The lowest BCUT2D eigenvalue weighted by molar-refractivity contribution is 0.173. The highest BCUT2D eigenvalue weighted by Crippen LogP contribution is 2.36. The van der Waals surface area contributed by atoms with Gasteiger partial charge in [0.25, 0.3) is 0 Å². The van der Waals surface area contributed by atoms with Gasteiger partial charge in [-0.2, -0.15) is 0 Å². The molecule has 0 radical (unpaired) electrons. The van der Waals surface area contributed by atoms with Crippen LogP contribution in [0.3, 0.4) is 0 Å². The fourth-order valence-electron chi connectivity index (χ4n) is 1.67. The summed E-state index contributed by atoms with van der Waals surface area (Å²) in [5, 5.41) is 0. The topological polar surface area (TPSA) is 44.5 Å². The van der Waals surface area contributed by atoms with E-state index in [9.17, 15) is 4.39 Å². The van der Waals surface area contributed by atoms with E-state index in [-0.39, 0.29) is 6.79 Å². The molecule has 0 saturated heterocycles. The molecule has 1 aliphatic heterocycles. The molecule has 3 nitrogen and oxygen atoms in total. The predicted octanol–water partition coefficient (Wildman–Crippen LogP) is 2.03. The van der Waals surface area contributed by atoms with Crippen LogP contribution in [0.2, 0.25) is 0 Å². The number of hydrogen-bond donors (Lipinski definition) is 1. The molecule has 1 heterocycles. The van der Waals surface area contributed by atoms with Gasteiger partial charge in [-0.25, -0.2) is 4.39 Å². The Hall–Kier alpha value is -1.29. The van der Waals surface area contributed by atoms with Crippen LogP contribution in [0.25, 0.3) is 0 Å². The van der Waals surface area contributed by atoms with E-state index in [1.165, 1.54) is 0 Å². The second kappa shape index (κ2) is 4.29. The molecule has 1 unspecified atom stereocenters. The average molecular weight is 225 g/mol. The van der Waals surface area contributed by atoms with Crippen molar-refractivity contribution in [2.45, 2.75) is 25.3 Å². The molecule has 0 saturated carbocycles. The van der Waals surface area contributed by atoms with Gasteiger partial charge in [-0.05, 0) is 31.4 Å². The van der Waals surface area contributed by atoms with Gasteiger partial charge in [-0.15, -0.1) is 0 Å². The zero-order chi connectivity index (χ0) is 11.6. The van der Waals surface area contributed by atoms with Crippen LogP contribution in [0.15, 0.2) is 18.2 Å². The minimum atomic E-state index is -0.762. The molecule has 16 heavy (non-hydrogen) atoms. The first kappa shape index (κ1) is 11.2. The van der Waals surface area contributed by atoms with E-state index in [4.69, 9.17) is 15.2 Å². The van der Waals surface area contributed by atoms with E-state index >= 15 is 0 Å². The van der Waals surface area contributed by atoms with Crippen LogP contribution in [0, 0.1) is 0 Å². The number of nitrogens with two attached hydrogens (primary N) is 1. The van der Waals surface area contributed by atoms with Gasteiger partial charge in [0.15, 0.2) is 11.5 Å². The summed E-state index contributed by atoms with van der Waals surface area (Å²) in [7, 11) is 0. The zero-order valence-corrected chi connectivity index (χ0v) is 9.33. The highest BCUT2D eigenvalue weighted by atomic mass is 19.1. The van der Waals surface area contributed by atoms with Crippen molar-refractivity contribution < 1.29 is 13.9 Å². The van der Waals surface area contributed by atoms with Crippen molar-refractivity contribution in [1.29, 1.82) is 0 Å². The van der Waals surface area contributed by atoms with Gasteiger partial charge < -0.3 is 15.2 Å². The van der Waals surface area contributed by atoms with Gasteiger partial charge in [-0.1, -0.05) is 12.1 Å². The van der Waals surface area contributed by atoms with Crippen LogP contribution in [-0.4, -0.2) is 19.0 Å². The number of para-hydroxylation sites is 1. The lowest BCUT2D eigenvalue weighted by atomic mass is 9.95. The first-order valence-corrected chi connectivity index (χ1v) is 5.35. The maximum absolute atomic E-state index is 12.6. The summed E-state index contributed by atoms with van der Waals surface area (Å²) in [6, 6.07) is 5.73. The fraction of sp³-hybridized carbons (Fsp3) is 0.500. The lowest BCUT2D eigenvalue weighted by Gasteiger charge is -2.20. The van der Waals surface area contributed by atoms with Crippen molar-refractivity contribution >= 4 is 0 Å². The number of rotatable bonds is 4. The van der Waals surface area contributed by atoms with Gasteiger partial charge in [0.2, 0.25) is 6.79 Å². The van der Waals surface area contributed by atoms with Gasteiger partial charge in [0.05, 0.1) is 0 Å². The maximum Gasteiger partial charge on any atom is 0.231 e. The molecule has 4 heteroatoms. The van der Waals surface area contributed by atoms with Crippen molar-refractivity contribution in [3.05, 3.63) is 23.8 Å². The number of aryl methyl sites for hydroxylation is 1. The molecule has 0 aromatic heterocycles. The van der Waals surface area contributed by atoms with Gasteiger partial charge >= 0.3 is 0 Å². The number of hydrogen-bond acceptors (Lipinski definition) is 3. The molecule has 0 spiro atoms. The molecular weight excluding hydrogens is 209 g/mol. The first-order valence-electron chi connectivity index (χ1n) is 5.35. The second-order valence-corrected chi connectivity index (χ2v) is 4.44. The van der Waals surface area contributed by atoms with Crippen molar-refractivity contribution in [2.75, 3.05) is 13.5 Å². The quantitative estimate of drug-likeness (QED) is 0.852. The smallest absolute Gasteiger partial charge is 0.231 e. The Morgan fingerprint density at radius 1 is 1.44 bits per heavy atom. The van der Waals surface area contributed by atoms with E-state index in [1.54, 1.807) is 6.92 Å². The summed E-state index contributed by atoms with van der Waals surface area (Å²) in [6.07, 6.45) is 1.28. The predicted molar refractivity (Wildman–Crippen MR) is 59.5 cm³/mol. The van der Waals surface area contributed by atoms with Gasteiger partial charge in [0.1, 0.15) is 6.67 Å². The summed E-state index contributed by atoms with van der Waals surface area (Å²) in [6.45, 7) is 1.46. The van der Waals surface area contributed by atoms with Crippen LogP contribution >= 0.6 is 0 Å². The number of alkyl halides is 1. The Bertz CT molecular complexity index is 379. The number of fused-ring (bicyclic) bond motifs is 1. The zero-order valence-electron chi connectivity index (χ0n) is 9.33. The summed E-state index contributed by atoms with van der Waals surface area (Å²) in [5.74, 6) is 1.54. The molecule has 0 amide bonds. The average Bonchev–Trinajstić information content (AvgIpc) is 2.75. The molecule has 1 aromatic carbocycles. The largest absolute Gasteiger partial charge is 0.454 e. The molecule has 0 bridgehead atoms. The van der Waals surface area contributed by atoms with E-state index in [0.717, 1.165) is 17.1 Å². The summed E-state index contributed by atoms with van der Waals surface area (Å²) in [5.41, 5.74) is 6.03. The van der Waals surface area contributed by atoms with Crippen LogP contribution in [-0.2, 0) is 6.42 Å². The van der Waals surface area contributed by atoms with Crippen LogP contribution in [0.4, 0.5) is 4.39 Å². The molecule has 0 aliphatic carbocycles. The molecular formula is C12H16FNO2. The minimum absolute atomic E-state index is 0.259. The van der Waals surface area contributed by atoms with E-state index < -0.39 is 12.2 Å². The molecule has 88 valence electrons. The SMILES string of the molecule is CC(N)(CF)CCc1cccc2c1OCO2. The highest BCUT2D eigenvalue weighted by molar-refractivity contribution is 5.48. The van der Waals surface area contributed by atoms with Crippen LogP contribution < -0.4 is 15.2 Å². The van der Waals surface area contributed by atoms with Crippen molar-refractivity contribution in [3.63, 3.8) is 0 Å². The normalized spacial score (nSPS) is 17.2. The number of ether oxygens (including phenoxy) is 2. The summed E-state index contributed by atoms with van der Waals surface area (Å²) < 4.78 is 23.2. The monoisotopic (exact) mass is 225 g/mol. The standard InChI is InChI=1S/C12H16FNO2/c1-12(14,7-13)6-5-9-3-2-4-10-11(9)16-8-15-10/h2-4H,5-8,14H2,1H3. The first-order chi connectivity index (χ1) is 7.62. The highest BCUT2D eigenvalue weighted by Gasteiger charge is 2.21. The number of benzene rings is 1. The third kappa shape index (κ3) is 2.27. The van der Waals surface area contributed by atoms with Crippen molar-refractivity contribution in [1.82, 2.24) is 0 Å². The Morgan fingerprint density at radius 2 is 2.25 bits per heavy atom.